The highest BCUT2D eigenvalue weighted by molar-refractivity contribution is 5.33. The van der Waals surface area contributed by atoms with E-state index < -0.39 is 0 Å². The summed E-state index contributed by atoms with van der Waals surface area (Å²) in [7, 11) is 0. The lowest BCUT2D eigenvalue weighted by Crippen LogP contribution is -2.21. The fourth-order valence-electron chi connectivity index (χ4n) is 5.68. The topological polar surface area (TPSA) is 33.0 Å². The Morgan fingerprint density at radius 1 is 0.800 bits per heavy atom. The fraction of sp³-hybridized carbons (Fsp3) is 0.750. The highest BCUT2D eigenvalue weighted by Gasteiger charge is 2.23. The van der Waals surface area contributed by atoms with Crippen LogP contribution in [0.2, 0.25) is 0 Å². The van der Waals surface area contributed by atoms with Crippen molar-refractivity contribution >= 4 is 0 Å². The molecule has 2 aliphatic carbocycles. The summed E-state index contributed by atoms with van der Waals surface area (Å²) in [6.07, 6.45) is 21.0. The predicted octanol–water partition coefficient (Wildman–Crippen LogP) is 8.16. The second kappa shape index (κ2) is 13.2. The summed E-state index contributed by atoms with van der Waals surface area (Å²) < 4.78 is 6.25. The van der Waals surface area contributed by atoms with E-state index in [1.165, 1.54) is 102 Å². The van der Waals surface area contributed by atoms with Gasteiger partial charge in [0.15, 0.2) is 0 Å². The van der Waals surface area contributed by atoms with Gasteiger partial charge in [-0.1, -0.05) is 76.8 Å². The van der Waals surface area contributed by atoms with Crippen LogP contribution in [-0.4, -0.2) is 12.7 Å². The monoisotopic (exact) mass is 409 g/mol. The van der Waals surface area contributed by atoms with Crippen LogP contribution in [0, 0.1) is 23.2 Å². The molecule has 2 aliphatic rings. The molecule has 0 aromatic heterocycles. The molecule has 2 heteroatoms. The Kier molecular flexibility index (Phi) is 10.2. The molecule has 0 radical (unpaired) electrons. The molecule has 0 unspecified atom stereocenters. The lowest BCUT2D eigenvalue weighted by molar-refractivity contribution is 0.0204. The van der Waals surface area contributed by atoms with Crippen molar-refractivity contribution in [3.63, 3.8) is 0 Å². The van der Waals surface area contributed by atoms with E-state index in [-0.39, 0.29) is 0 Å². The second-order valence-corrected chi connectivity index (χ2v) is 9.96. The Labute approximate surface area is 185 Å². The Balaban J connectivity index is 1.22. The lowest BCUT2D eigenvalue weighted by Gasteiger charge is -2.30. The maximum absolute atomic E-state index is 8.95. The number of hydrogen-bond acceptors (Lipinski definition) is 2. The maximum atomic E-state index is 8.95. The largest absolute Gasteiger partial charge is 0.378 e. The summed E-state index contributed by atoms with van der Waals surface area (Å²) in [5.74, 6) is 2.64. The zero-order valence-corrected chi connectivity index (χ0v) is 19.3. The van der Waals surface area contributed by atoms with E-state index in [1.807, 2.05) is 12.1 Å². The molecule has 2 fully saturated rings. The Morgan fingerprint density at radius 3 is 2.03 bits per heavy atom. The molecule has 1 aromatic rings. The first-order chi connectivity index (χ1) is 14.8. The quantitative estimate of drug-likeness (QED) is 0.345. The van der Waals surface area contributed by atoms with E-state index in [4.69, 9.17) is 10.00 Å². The van der Waals surface area contributed by atoms with E-state index in [0.717, 1.165) is 24.0 Å². The minimum Gasteiger partial charge on any atom is -0.378 e. The molecule has 0 bridgehead atoms. The van der Waals surface area contributed by atoms with Gasteiger partial charge in [0.2, 0.25) is 0 Å². The van der Waals surface area contributed by atoms with Crippen molar-refractivity contribution in [1.82, 2.24) is 0 Å². The minimum absolute atomic E-state index is 0.471. The van der Waals surface area contributed by atoms with Gasteiger partial charge in [0.05, 0.1) is 17.7 Å². The van der Waals surface area contributed by atoms with Gasteiger partial charge in [-0.3, -0.25) is 0 Å². The first-order valence-corrected chi connectivity index (χ1v) is 12.9. The normalized spacial score (nSPS) is 26.9. The first kappa shape index (κ1) is 23.3. The number of nitriles is 1. The van der Waals surface area contributed by atoms with Crippen LogP contribution in [0.3, 0.4) is 0 Å². The average Bonchev–Trinajstić information content (AvgIpc) is 2.81. The standard InChI is InChI=1S/C28H43NO/c1-2-3-4-5-7-23-9-11-24(12-10-23)8-6-21-30-28-19-17-27(18-20-28)26-15-13-25(22-29)14-16-26/h13-16,23-24,27-28H,2-12,17-21H2,1H3/t23-,24-,27-,28-. The molecule has 2 nitrogen and oxygen atoms in total. The number of benzene rings is 1. The van der Waals surface area contributed by atoms with Crippen molar-refractivity contribution < 1.29 is 4.74 Å². The third-order valence-electron chi connectivity index (χ3n) is 7.73. The van der Waals surface area contributed by atoms with Crippen molar-refractivity contribution in [3.8, 4) is 6.07 Å². The van der Waals surface area contributed by atoms with Gasteiger partial charge in [-0.2, -0.15) is 5.26 Å². The van der Waals surface area contributed by atoms with Crippen molar-refractivity contribution in [2.75, 3.05) is 6.61 Å². The van der Waals surface area contributed by atoms with E-state index in [9.17, 15) is 0 Å². The maximum Gasteiger partial charge on any atom is 0.0991 e. The average molecular weight is 410 g/mol. The number of ether oxygens (including phenoxy) is 1. The van der Waals surface area contributed by atoms with Gasteiger partial charge in [0, 0.05) is 6.61 Å². The van der Waals surface area contributed by atoms with Gasteiger partial charge >= 0.3 is 0 Å². The molecule has 166 valence electrons. The highest BCUT2D eigenvalue weighted by atomic mass is 16.5. The Morgan fingerprint density at radius 2 is 1.43 bits per heavy atom. The predicted molar refractivity (Wildman–Crippen MR) is 126 cm³/mol. The van der Waals surface area contributed by atoms with Crippen molar-refractivity contribution in [2.45, 2.75) is 115 Å². The summed E-state index contributed by atoms with van der Waals surface area (Å²) in [6, 6.07) is 10.4. The zero-order valence-electron chi connectivity index (χ0n) is 19.3. The Bertz CT molecular complexity index is 615. The van der Waals surface area contributed by atoms with Crippen molar-refractivity contribution in [2.24, 2.45) is 11.8 Å². The molecule has 0 spiro atoms. The van der Waals surface area contributed by atoms with E-state index in [0.29, 0.717) is 12.0 Å². The number of hydrogen-bond donors (Lipinski definition) is 0. The molecule has 0 saturated heterocycles. The number of unbranched alkanes of at least 4 members (excludes halogenated alkanes) is 3. The SMILES string of the molecule is CCCCCC[C@H]1CC[C@H](CCCO[C@H]2CC[C@H](c3ccc(C#N)cc3)CC2)CC1. The molecular formula is C28H43NO. The number of nitrogens with zero attached hydrogens (tertiary/aromatic N) is 1. The molecule has 0 amide bonds. The van der Waals surface area contributed by atoms with Crippen LogP contribution < -0.4 is 0 Å². The first-order valence-electron chi connectivity index (χ1n) is 12.9. The summed E-state index contributed by atoms with van der Waals surface area (Å²) in [5.41, 5.74) is 2.16. The van der Waals surface area contributed by atoms with Crippen LogP contribution in [0.4, 0.5) is 0 Å². The zero-order chi connectivity index (χ0) is 21.0. The highest BCUT2D eigenvalue weighted by Crippen LogP contribution is 2.36. The van der Waals surface area contributed by atoms with Crippen LogP contribution in [0.15, 0.2) is 24.3 Å². The summed E-state index contributed by atoms with van der Waals surface area (Å²) >= 11 is 0. The summed E-state index contributed by atoms with van der Waals surface area (Å²) in [6.45, 7) is 3.26. The third kappa shape index (κ3) is 7.73. The minimum atomic E-state index is 0.471. The van der Waals surface area contributed by atoms with Crippen LogP contribution in [0.5, 0.6) is 0 Å². The van der Waals surface area contributed by atoms with Gasteiger partial charge in [0.25, 0.3) is 0 Å². The molecule has 30 heavy (non-hydrogen) atoms. The van der Waals surface area contributed by atoms with Gasteiger partial charge in [-0.05, 0) is 74.0 Å². The van der Waals surface area contributed by atoms with Crippen LogP contribution in [0.25, 0.3) is 0 Å². The van der Waals surface area contributed by atoms with Crippen molar-refractivity contribution in [3.05, 3.63) is 35.4 Å². The molecule has 3 rings (SSSR count). The van der Waals surface area contributed by atoms with E-state index in [2.05, 4.69) is 25.1 Å². The molecule has 0 aliphatic heterocycles. The second-order valence-electron chi connectivity index (χ2n) is 9.96. The van der Waals surface area contributed by atoms with Gasteiger partial charge < -0.3 is 4.74 Å². The molecular weight excluding hydrogens is 366 g/mol. The molecule has 1 aromatic carbocycles. The molecule has 0 heterocycles. The van der Waals surface area contributed by atoms with E-state index >= 15 is 0 Å². The van der Waals surface area contributed by atoms with E-state index in [1.54, 1.807) is 0 Å². The van der Waals surface area contributed by atoms with Crippen LogP contribution in [-0.2, 0) is 4.74 Å². The molecule has 0 N–H and O–H groups in total. The van der Waals surface area contributed by atoms with Crippen molar-refractivity contribution in [1.29, 1.82) is 5.26 Å². The lowest BCUT2D eigenvalue weighted by atomic mass is 9.78. The number of rotatable bonds is 11. The van der Waals surface area contributed by atoms with Crippen LogP contribution >= 0.6 is 0 Å². The summed E-state index contributed by atoms with van der Waals surface area (Å²) in [5, 5.41) is 8.95. The molecule has 0 atom stereocenters. The molecule has 2 saturated carbocycles. The van der Waals surface area contributed by atoms with Gasteiger partial charge in [0.1, 0.15) is 0 Å². The third-order valence-corrected chi connectivity index (χ3v) is 7.73. The summed E-state index contributed by atoms with van der Waals surface area (Å²) in [4.78, 5) is 0. The smallest absolute Gasteiger partial charge is 0.0991 e. The fourth-order valence-corrected chi connectivity index (χ4v) is 5.68. The van der Waals surface area contributed by atoms with Crippen LogP contribution in [0.1, 0.15) is 120 Å². The van der Waals surface area contributed by atoms with Gasteiger partial charge in [-0.25, -0.2) is 0 Å². The Hall–Kier alpha value is -1.33. The van der Waals surface area contributed by atoms with Gasteiger partial charge in [-0.15, -0.1) is 0 Å².